The first-order valence-electron chi connectivity index (χ1n) is 5.75. The Labute approximate surface area is 85.6 Å². The van der Waals surface area contributed by atoms with Crippen molar-refractivity contribution in [2.75, 3.05) is 0 Å². The smallest absolute Gasteiger partial charge is 0.217 e. The van der Waals surface area contributed by atoms with Crippen LogP contribution in [-0.2, 0) is 4.79 Å². The van der Waals surface area contributed by atoms with Gasteiger partial charge in [0, 0.05) is 25.0 Å². The van der Waals surface area contributed by atoms with Crippen LogP contribution >= 0.6 is 0 Å². The summed E-state index contributed by atoms with van der Waals surface area (Å²) in [5.41, 5.74) is 0. The molecule has 4 atom stereocenters. The lowest BCUT2D eigenvalue weighted by molar-refractivity contribution is -0.120. The molecule has 14 heavy (non-hydrogen) atoms. The number of hydrogen-bond acceptors (Lipinski definition) is 2. The molecular weight excluding hydrogens is 176 g/mol. The highest BCUT2D eigenvalue weighted by Crippen LogP contribution is 2.35. The second-order valence-electron chi connectivity index (χ2n) is 4.61. The number of rotatable bonds is 2. The molecule has 1 aliphatic carbocycles. The summed E-state index contributed by atoms with van der Waals surface area (Å²) >= 11 is 0. The molecule has 1 amide bonds. The molecule has 0 radical (unpaired) electrons. The Morgan fingerprint density at radius 2 is 2.29 bits per heavy atom. The summed E-state index contributed by atoms with van der Waals surface area (Å²) in [6.45, 7) is 3.81. The van der Waals surface area contributed by atoms with Crippen molar-refractivity contribution in [1.29, 1.82) is 0 Å². The molecule has 0 aromatic carbocycles. The van der Waals surface area contributed by atoms with E-state index in [1.165, 1.54) is 19.3 Å². The van der Waals surface area contributed by atoms with Crippen molar-refractivity contribution < 1.29 is 4.79 Å². The largest absolute Gasteiger partial charge is 0.352 e. The quantitative estimate of drug-likeness (QED) is 0.693. The summed E-state index contributed by atoms with van der Waals surface area (Å²) in [4.78, 5) is 11.1. The van der Waals surface area contributed by atoms with Gasteiger partial charge in [-0.05, 0) is 25.2 Å². The van der Waals surface area contributed by atoms with Crippen LogP contribution in [0.5, 0.6) is 0 Å². The lowest BCUT2D eigenvalue weighted by Gasteiger charge is -2.23. The van der Waals surface area contributed by atoms with E-state index in [4.69, 9.17) is 0 Å². The van der Waals surface area contributed by atoms with Gasteiger partial charge in [-0.15, -0.1) is 0 Å². The predicted molar refractivity (Wildman–Crippen MR) is 55.9 cm³/mol. The molecule has 1 aliphatic heterocycles. The first kappa shape index (κ1) is 9.97. The average molecular weight is 196 g/mol. The third-order valence-electron chi connectivity index (χ3n) is 3.70. The Balaban J connectivity index is 2.05. The van der Waals surface area contributed by atoms with Crippen LogP contribution in [-0.4, -0.2) is 24.0 Å². The van der Waals surface area contributed by atoms with Crippen LogP contribution in [0.2, 0.25) is 0 Å². The molecule has 0 unspecified atom stereocenters. The van der Waals surface area contributed by atoms with Gasteiger partial charge in [-0.2, -0.15) is 0 Å². The summed E-state index contributed by atoms with van der Waals surface area (Å²) in [7, 11) is 0. The Bertz CT molecular complexity index is 229. The Hall–Kier alpha value is -0.570. The number of fused-ring (bicyclic) bond motifs is 1. The maximum Gasteiger partial charge on any atom is 0.217 e. The molecule has 1 saturated carbocycles. The van der Waals surface area contributed by atoms with E-state index in [-0.39, 0.29) is 5.91 Å². The van der Waals surface area contributed by atoms with Crippen LogP contribution in [0.3, 0.4) is 0 Å². The lowest BCUT2D eigenvalue weighted by atomic mass is 9.94. The van der Waals surface area contributed by atoms with Crippen LogP contribution < -0.4 is 10.6 Å². The summed E-state index contributed by atoms with van der Waals surface area (Å²) in [6, 6.07) is 1.54. The zero-order valence-electron chi connectivity index (χ0n) is 9.05. The fourth-order valence-electron chi connectivity index (χ4n) is 3.12. The average Bonchev–Trinajstić information content (AvgIpc) is 2.67. The summed E-state index contributed by atoms with van der Waals surface area (Å²) < 4.78 is 0. The molecule has 1 saturated heterocycles. The van der Waals surface area contributed by atoms with E-state index >= 15 is 0 Å². The van der Waals surface area contributed by atoms with E-state index in [9.17, 15) is 4.79 Å². The molecule has 80 valence electrons. The summed E-state index contributed by atoms with van der Waals surface area (Å²) in [5.74, 6) is 0.798. The van der Waals surface area contributed by atoms with Crippen LogP contribution in [0.15, 0.2) is 0 Å². The van der Waals surface area contributed by atoms with Crippen molar-refractivity contribution in [1.82, 2.24) is 10.6 Å². The van der Waals surface area contributed by atoms with E-state index < -0.39 is 0 Å². The van der Waals surface area contributed by atoms with Crippen molar-refractivity contribution in [2.45, 2.75) is 57.7 Å². The highest BCUT2D eigenvalue weighted by atomic mass is 16.1. The molecule has 2 fully saturated rings. The standard InChI is InChI=1S/C11H20N2O/c1-3-9-11(12-7(2)14)8-5-4-6-10(8)13-9/h8-11,13H,3-6H2,1-2H3,(H,12,14)/t8-,9-,10+,11-/m0/s1. The van der Waals surface area contributed by atoms with E-state index in [2.05, 4.69) is 17.6 Å². The van der Waals surface area contributed by atoms with Gasteiger partial charge in [0.15, 0.2) is 0 Å². The molecule has 2 N–H and O–H groups in total. The van der Waals surface area contributed by atoms with Crippen LogP contribution in [0.1, 0.15) is 39.5 Å². The van der Waals surface area contributed by atoms with E-state index in [0.29, 0.717) is 24.0 Å². The molecule has 0 aromatic heterocycles. The van der Waals surface area contributed by atoms with Crippen LogP contribution in [0.25, 0.3) is 0 Å². The summed E-state index contributed by atoms with van der Waals surface area (Å²) in [6.07, 6.45) is 4.99. The minimum absolute atomic E-state index is 0.114. The molecule has 3 nitrogen and oxygen atoms in total. The maximum atomic E-state index is 11.1. The van der Waals surface area contributed by atoms with Crippen molar-refractivity contribution >= 4 is 5.91 Å². The number of nitrogens with one attached hydrogen (secondary N) is 2. The topological polar surface area (TPSA) is 41.1 Å². The SMILES string of the molecule is CC[C@@H]1N[C@@H]2CCC[C@@H]2[C@@H]1NC(C)=O. The predicted octanol–water partition coefficient (Wildman–Crippen LogP) is 1.04. The van der Waals surface area contributed by atoms with Gasteiger partial charge < -0.3 is 10.6 Å². The monoisotopic (exact) mass is 196 g/mol. The molecule has 0 bridgehead atoms. The zero-order chi connectivity index (χ0) is 10.1. The Kier molecular flexibility index (Phi) is 2.77. The molecule has 0 aromatic rings. The van der Waals surface area contributed by atoms with Crippen molar-refractivity contribution in [3.63, 3.8) is 0 Å². The van der Waals surface area contributed by atoms with Crippen molar-refractivity contribution in [2.24, 2.45) is 5.92 Å². The minimum atomic E-state index is 0.114. The van der Waals surface area contributed by atoms with Gasteiger partial charge in [0.2, 0.25) is 5.91 Å². The third kappa shape index (κ3) is 1.65. The number of carbonyl (C=O) groups excluding carboxylic acids is 1. The minimum Gasteiger partial charge on any atom is -0.352 e. The molecular formula is C11H20N2O. The highest BCUT2D eigenvalue weighted by molar-refractivity contribution is 5.73. The zero-order valence-corrected chi connectivity index (χ0v) is 9.05. The van der Waals surface area contributed by atoms with Gasteiger partial charge in [-0.3, -0.25) is 4.79 Å². The highest BCUT2D eigenvalue weighted by Gasteiger charge is 2.44. The van der Waals surface area contributed by atoms with Crippen LogP contribution in [0.4, 0.5) is 0 Å². The van der Waals surface area contributed by atoms with Gasteiger partial charge in [0.25, 0.3) is 0 Å². The molecule has 0 spiro atoms. The van der Waals surface area contributed by atoms with Crippen molar-refractivity contribution in [3.05, 3.63) is 0 Å². The fourth-order valence-corrected chi connectivity index (χ4v) is 3.12. The van der Waals surface area contributed by atoms with Crippen molar-refractivity contribution in [3.8, 4) is 0 Å². The molecule has 2 aliphatic rings. The second-order valence-corrected chi connectivity index (χ2v) is 4.61. The fraction of sp³-hybridized carbons (Fsp3) is 0.909. The normalized spacial score (nSPS) is 41.0. The number of amides is 1. The summed E-state index contributed by atoms with van der Waals surface area (Å²) in [5, 5.41) is 6.76. The Morgan fingerprint density at radius 1 is 1.50 bits per heavy atom. The second kappa shape index (κ2) is 3.89. The van der Waals surface area contributed by atoms with E-state index in [0.717, 1.165) is 6.42 Å². The first-order chi connectivity index (χ1) is 6.72. The van der Waals surface area contributed by atoms with Gasteiger partial charge in [-0.1, -0.05) is 13.3 Å². The van der Waals surface area contributed by atoms with E-state index in [1.54, 1.807) is 6.92 Å². The van der Waals surface area contributed by atoms with Crippen LogP contribution in [0, 0.1) is 5.92 Å². The van der Waals surface area contributed by atoms with Gasteiger partial charge in [0.05, 0.1) is 0 Å². The van der Waals surface area contributed by atoms with E-state index in [1.807, 2.05) is 0 Å². The van der Waals surface area contributed by atoms with Gasteiger partial charge in [0.1, 0.15) is 0 Å². The van der Waals surface area contributed by atoms with Gasteiger partial charge >= 0.3 is 0 Å². The number of carbonyl (C=O) groups is 1. The molecule has 1 heterocycles. The molecule has 3 heteroatoms. The first-order valence-corrected chi connectivity index (χ1v) is 5.75. The molecule has 2 rings (SSSR count). The Morgan fingerprint density at radius 3 is 2.93 bits per heavy atom. The van der Waals surface area contributed by atoms with Gasteiger partial charge in [-0.25, -0.2) is 0 Å². The lowest BCUT2D eigenvalue weighted by Crippen LogP contribution is -2.45. The maximum absolute atomic E-state index is 11.1. The third-order valence-corrected chi connectivity index (χ3v) is 3.70. The number of hydrogen-bond donors (Lipinski definition) is 2.